The van der Waals surface area contributed by atoms with Gasteiger partial charge in [-0.3, -0.25) is 9.97 Å². The number of aromatic nitrogens is 2. The summed E-state index contributed by atoms with van der Waals surface area (Å²) < 4.78 is 5.52. The van der Waals surface area contributed by atoms with Gasteiger partial charge in [-0.1, -0.05) is 29.8 Å². The Morgan fingerprint density at radius 3 is 2.75 bits per heavy atom. The summed E-state index contributed by atoms with van der Waals surface area (Å²) in [5, 5.41) is 4.11. The van der Waals surface area contributed by atoms with Crippen molar-refractivity contribution in [2.75, 3.05) is 13.7 Å². The van der Waals surface area contributed by atoms with Crippen LogP contribution in [0.4, 0.5) is 0 Å². The van der Waals surface area contributed by atoms with Crippen molar-refractivity contribution in [3.8, 4) is 0 Å². The second-order valence-corrected chi connectivity index (χ2v) is 4.91. The van der Waals surface area contributed by atoms with Crippen molar-refractivity contribution < 1.29 is 4.74 Å². The van der Waals surface area contributed by atoms with Crippen LogP contribution in [0.5, 0.6) is 0 Å². The van der Waals surface area contributed by atoms with E-state index in [2.05, 4.69) is 15.3 Å². The molecule has 4 nitrogen and oxygen atoms in total. The van der Waals surface area contributed by atoms with Gasteiger partial charge in [0.1, 0.15) is 0 Å². The summed E-state index contributed by atoms with van der Waals surface area (Å²) in [4.78, 5) is 8.35. The zero-order chi connectivity index (χ0) is 14.4. The number of benzene rings is 1. The van der Waals surface area contributed by atoms with Crippen molar-refractivity contribution in [3.05, 3.63) is 59.1 Å². The number of rotatable bonds is 6. The molecule has 0 fully saturated rings. The molecule has 0 aliphatic rings. The van der Waals surface area contributed by atoms with E-state index >= 15 is 0 Å². The summed E-state index contributed by atoms with van der Waals surface area (Å²) in [5.74, 6) is 0. The van der Waals surface area contributed by atoms with Gasteiger partial charge < -0.3 is 10.1 Å². The molecule has 0 bridgehead atoms. The summed E-state index contributed by atoms with van der Waals surface area (Å²) in [6, 6.07) is 7.82. The molecule has 2 atom stereocenters. The van der Waals surface area contributed by atoms with E-state index < -0.39 is 0 Å². The average Bonchev–Trinajstić information content (AvgIpc) is 2.50. The lowest BCUT2D eigenvalue weighted by molar-refractivity contribution is 0.0998. The van der Waals surface area contributed by atoms with E-state index in [1.54, 1.807) is 25.7 Å². The van der Waals surface area contributed by atoms with Crippen molar-refractivity contribution in [1.82, 2.24) is 15.3 Å². The van der Waals surface area contributed by atoms with Gasteiger partial charge in [0.15, 0.2) is 0 Å². The maximum Gasteiger partial charge on any atom is 0.0959 e. The maximum atomic E-state index is 6.20. The molecule has 2 aromatic rings. The Bertz CT molecular complexity index is 536. The van der Waals surface area contributed by atoms with Crippen LogP contribution in [0.1, 0.15) is 30.3 Å². The predicted octanol–water partition coefficient (Wildman–Crippen LogP) is 3.17. The normalized spacial score (nSPS) is 13.9. The number of nitrogens with zero attached hydrogens (tertiary/aromatic N) is 2. The fourth-order valence-corrected chi connectivity index (χ4v) is 2.24. The molecule has 5 heteroatoms. The van der Waals surface area contributed by atoms with Gasteiger partial charge >= 0.3 is 0 Å². The Labute approximate surface area is 124 Å². The SMILES string of the molecule is CO[C@@H](CN[C@H](C)c1cnccn1)c1ccccc1Cl. The molecule has 106 valence electrons. The zero-order valence-electron chi connectivity index (χ0n) is 11.6. The minimum absolute atomic E-state index is 0.0946. The average molecular weight is 292 g/mol. The fraction of sp³-hybridized carbons (Fsp3) is 0.333. The van der Waals surface area contributed by atoms with Crippen LogP contribution in [-0.2, 0) is 4.74 Å². The first kappa shape index (κ1) is 14.9. The first-order valence-electron chi connectivity index (χ1n) is 6.49. The van der Waals surface area contributed by atoms with Crippen molar-refractivity contribution in [2.24, 2.45) is 0 Å². The molecular formula is C15H18ClN3O. The van der Waals surface area contributed by atoms with Gasteiger partial charge in [-0.15, -0.1) is 0 Å². The second-order valence-electron chi connectivity index (χ2n) is 4.51. The predicted molar refractivity (Wildman–Crippen MR) is 79.7 cm³/mol. The Morgan fingerprint density at radius 2 is 2.10 bits per heavy atom. The number of hydrogen-bond donors (Lipinski definition) is 1. The van der Waals surface area contributed by atoms with E-state index in [4.69, 9.17) is 16.3 Å². The number of ether oxygens (including phenoxy) is 1. The highest BCUT2D eigenvalue weighted by molar-refractivity contribution is 6.31. The minimum atomic E-state index is -0.0946. The Kier molecular flexibility index (Phi) is 5.47. The molecule has 0 unspecified atom stereocenters. The molecule has 0 radical (unpaired) electrons. The third-order valence-electron chi connectivity index (χ3n) is 3.17. The molecule has 0 spiro atoms. The Hall–Kier alpha value is -1.49. The second kappa shape index (κ2) is 7.33. The first-order valence-corrected chi connectivity index (χ1v) is 6.86. The van der Waals surface area contributed by atoms with E-state index in [1.165, 1.54) is 0 Å². The summed E-state index contributed by atoms with van der Waals surface area (Å²) in [5.41, 5.74) is 1.89. The molecule has 0 amide bonds. The van der Waals surface area contributed by atoms with Crippen LogP contribution in [0.15, 0.2) is 42.9 Å². The fourth-order valence-electron chi connectivity index (χ4n) is 1.98. The van der Waals surface area contributed by atoms with Gasteiger partial charge in [0, 0.05) is 48.9 Å². The van der Waals surface area contributed by atoms with E-state index in [0.29, 0.717) is 11.6 Å². The minimum Gasteiger partial charge on any atom is -0.375 e. The Morgan fingerprint density at radius 1 is 1.30 bits per heavy atom. The van der Waals surface area contributed by atoms with Crippen LogP contribution < -0.4 is 5.32 Å². The molecule has 2 rings (SSSR count). The zero-order valence-corrected chi connectivity index (χ0v) is 12.3. The molecular weight excluding hydrogens is 274 g/mol. The molecule has 0 saturated carbocycles. The van der Waals surface area contributed by atoms with E-state index in [-0.39, 0.29) is 12.1 Å². The molecule has 1 aromatic carbocycles. The van der Waals surface area contributed by atoms with E-state index in [1.807, 2.05) is 31.2 Å². The maximum absolute atomic E-state index is 6.20. The first-order chi connectivity index (χ1) is 9.72. The van der Waals surface area contributed by atoms with Crippen molar-refractivity contribution in [3.63, 3.8) is 0 Å². The largest absolute Gasteiger partial charge is 0.375 e. The van der Waals surface area contributed by atoms with Crippen LogP contribution in [0.2, 0.25) is 5.02 Å². The number of methoxy groups -OCH3 is 1. The van der Waals surface area contributed by atoms with Gasteiger partial charge in [0.05, 0.1) is 11.8 Å². The third-order valence-corrected chi connectivity index (χ3v) is 3.52. The summed E-state index contributed by atoms with van der Waals surface area (Å²) in [6.07, 6.45) is 5.02. The monoisotopic (exact) mass is 291 g/mol. The van der Waals surface area contributed by atoms with Crippen molar-refractivity contribution >= 4 is 11.6 Å². The van der Waals surface area contributed by atoms with Crippen LogP contribution in [-0.4, -0.2) is 23.6 Å². The summed E-state index contributed by atoms with van der Waals surface area (Å²) >= 11 is 6.20. The van der Waals surface area contributed by atoms with Gasteiger partial charge in [-0.05, 0) is 13.0 Å². The summed E-state index contributed by atoms with van der Waals surface area (Å²) in [6.45, 7) is 2.70. The molecule has 1 heterocycles. The lowest BCUT2D eigenvalue weighted by Crippen LogP contribution is -2.26. The third kappa shape index (κ3) is 3.76. The summed E-state index contributed by atoms with van der Waals surface area (Å²) in [7, 11) is 1.68. The molecule has 0 saturated heterocycles. The molecule has 20 heavy (non-hydrogen) atoms. The molecule has 0 aliphatic heterocycles. The smallest absolute Gasteiger partial charge is 0.0959 e. The number of halogens is 1. The molecule has 0 aliphatic carbocycles. The number of nitrogens with one attached hydrogen (secondary N) is 1. The van der Waals surface area contributed by atoms with Crippen LogP contribution in [0.3, 0.4) is 0 Å². The van der Waals surface area contributed by atoms with Gasteiger partial charge in [-0.2, -0.15) is 0 Å². The van der Waals surface area contributed by atoms with E-state index in [9.17, 15) is 0 Å². The topological polar surface area (TPSA) is 47.0 Å². The van der Waals surface area contributed by atoms with Gasteiger partial charge in [0.2, 0.25) is 0 Å². The van der Waals surface area contributed by atoms with Crippen LogP contribution in [0.25, 0.3) is 0 Å². The lowest BCUT2D eigenvalue weighted by atomic mass is 10.1. The van der Waals surface area contributed by atoms with E-state index in [0.717, 1.165) is 11.3 Å². The standard InChI is InChI=1S/C15H18ClN3O/c1-11(14-9-17-7-8-18-14)19-10-15(20-2)12-5-3-4-6-13(12)16/h3-9,11,15,19H,10H2,1-2H3/t11-,15+/m1/s1. The van der Waals surface area contributed by atoms with Crippen LogP contribution in [0, 0.1) is 0 Å². The van der Waals surface area contributed by atoms with Gasteiger partial charge in [0.25, 0.3) is 0 Å². The molecule has 1 aromatic heterocycles. The van der Waals surface area contributed by atoms with Gasteiger partial charge in [-0.25, -0.2) is 0 Å². The van der Waals surface area contributed by atoms with Crippen LogP contribution >= 0.6 is 11.6 Å². The van der Waals surface area contributed by atoms with Crippen molar-refractivity contribution in [2.45, 2.75) is 19.1 Å². The number of hydrogen-bond acceptors (Lipinski definition) is 4. The quantitative estimate of drug-likeness (QED) is 0.888. The van der Waals surface area contributed by atoms with Crippen molar-refractivity contribution in [1.29, 1.82) is 0 Å². The lowest BCUT2D eigenvalue weighted by Gasteiger charge is -2.20. The highest BCUT2D eigenvalue weighted by Gasteiger charge is 2.15. The Balaban J connectivity index is 2.00. The highest BCUT2D eigenvalue weighted by atomic mass is 35.5. The molecule has 1 N–H and O–H groups in total. The highest BCUT2D eigenvalue weighted by Crippen LogP contribution is 2.25.